The number of nitrogen functional groups attached to an aromatic ring is 1. The van der Waals surface area contributed by atoms with Crippen LogP contribution in [0.25, 0.3) is 0 Å². The number of nitrogens with zero attached hydrogens (tertiary/aromatic N) is 1. The van der Waals surface area contributed by atoms with Gasteiger partial charge in [-0.25, -0.2) is 4.98 Å². The predicted molar refractivity (Wildman–Crippen MR) is 72.4 cm³/mol. The average Bonchev–Trinajstić information content (AvgIpc) is 2.95. The molecule has 5 heteroatoms. The number of hydrogen-bond donors (Lipinski definition) is 2. The van der Waals surface area contributed by atoms with Gasteiger partial charge in [-0.05, 0) is 25.7 Å². The minimum Gasteiger partial charge on any atom is -0.375 e. The summed E-state index contributed by atoms with van der Waals surface area (Å²) in [5.74, 6) is 0.524. The van der Waals surface area contributed by atoms with Crippen LogP contribution in [0, 0.1) is 5.92 Å². The van der Waals surface area contributed by atoms with E-state index in [0.717, 1.165) is 37.8 Å². The van der Waals surface area contributed by atoms with E-state index in [0.29, 0.717) is 5.13 Å². The smallest absolute Gasteiger partial charge is 0.223 e. The van der Waals surface area contributed by atoms with E-state index in [2.05, 4.69) is 10.3 Å². The van der Waals surface area contributed by atoms with Crippen LogP contribution < -0.4 is 11.1 Å². The molecule has 18 heavy (non-hydrogen) atoms. The van der Waals surface area contributed by atoms with Crippen molar-refractivity contribution in [3.8, 4) is 0 Å². The van der Waals surface area contributed by atoms with Gasteiger partial charge in [0.25, 0.3) is 0 Å². The molecule has 98 valence electrons. The molecule has 0 spiro atoms. The lowest BCUT2D eigenvalue weighted by Crippen LogP contribution is -2.41. The Labute approximate surface area is 111 Å². The molecule has 2 aliphatic carbocycles. The summed E-state index contributed by atoms with van der Waals surface area (Å²) in [5, 5.41) is 3.87. The summed E-state index contributed by atoms with van der Waals surface area (Å²) in [6.07, 6.45) is 7.39. The third-order valence-corrected chi connectivity index (χ3v) is 4.98. The molecule has 0 radical (unpaired) electrons. The zero-order valence-corrected chi connectivity index (χ0v) is 11.3. The van der Waals surface area contributed by atoms with E-state index in [1.54, 1.807) is 11.3 Å². The standard InChI is InChI=1S/C13H19N3OS/c14-13-16-10-6-5-9(7-11(10)18-13)15-12(17)8-3-1-2-4-8/h8-9H,1-7H2,(H2,14,16)(H,15,17). The van der Waals surface area contributed by atoms with Gasteiger partial charge in [-0.1, -0.05) is 12.8 Å². The van der Waals surface area contributed by atoms with Crippen LogP contribution in [0.2, 0.25) is 0 Å². The highest BCUT2D eigenvalue weighted by Gasteiger charge is 2.27. The normalized spacial score (nSPS) is 23.9. The molecule has 1 saturated carbocycles. The number of aromatic nitrogens is 1. The maximum Gasteiger partial charge on any atom is 0.223 e. The van der Waals surface area contributed by atoms with Crippen molar-refractivity contribution in [3.05, 3.63) is 10.6 Å². The quantitative estimate of drug-likeness (QED) is 0.858. The summed E-state index contributed by atoms with van der Waals surface area (Å²) >= 11 is 1.57. The summed E-state index contributed by atoms with van der Waals surface area (Å²) in [6.45, 7) is 0. The summed E-state index contributed by atoms with van der Waals surface area (Å²) in [4.78, 5) is 17.7. The molecule has 1 aromatic rings. The van der Waals surface area contributed by atoms with E-state index in [1.165, 1.54) is 17.7 Å². The molecule has 1 aromatic heterocycles. The van der Waals surface area contributed by atoms with Crippen molar-refractivity contribution in [2.45, 2.75) is 51.0 Å². The maximum absolute atomic E-state index is 12.1. The summed E-state index contributed by atoms with van der Waals surface area (Å²) in [7, 11) is 0. The third-order valence-electron chi connectivity index (χ3n) is 4.03. The van der Waals surface area contributed by atoms with E-state index in [1.807, 2.05) is 0 Å². The zero-order valence-electron chi connectivity index (χ0n) is 10.4. The van der Waals surface area contributed by atoms with Crippen LogP contribution in [0.4, 0.5) is 5.13 Å². The number of amides is 1. The highest BCUT2D eigenvalue weighted by molar-refractivity contribution is 7.15. The van der Waals surface area contributed by atoms with Crippen LogP contribution in [-0.4, -0.2) is 16.9 Å². The van der Waals surface area contributed by atoms with Gasteiger partial charge in [-0.2, -0.15) is 0 Å². The number of carbonyl (C=O) groups is 1. The van der Waals surface area contributed by atoms with Crippen molar-refractivity contribution >= 4 is 22.4 Å². The van der Waals surface area contributed by atoms with Gasteiger partial charge in [0.05, 0.1) is 5.69 Å². The SMILES string of the molecule is Nc1nc2c(s1)CC(NC(=O)C1CCCC1)CC2. The van der Waals surface area contributed by atoms with Crippen LogP contribution in [-0.2, 0) is 17.6 Å². The Morgan fingerprint density at radius 1 is 1.33 bits per heavy atom. The van der Waals surface area contributed by atoms with E-state index >= 15 is 0 Å². The van der Waals surface area contributed by atoms with Gasteiger partial charge in [0, 0.05) is 23.3 Å². The molecule has 0 aliphatic heterocycles. The molecule has 3 rings (SSSR count). The maximum atomic E-state index is 12.1. The first-order chi connectivity index (χ1) is 8.72. The molecule has 1 unspecified atom stereocenters. The number of carbonyl (C=O) groups excluding carboxylic acids is 1. The number of hydrogen-bond acceptors (Lipinski definition) is 4. The lowest BCUT2D eigenvalue weighted by molar-refractivity contribution is -0.125. The molecular weight excluding hydrogens is 246 g/mol. The van der Waals surface area contributed by atoms with Gasteiger partial charge in [-0.15, -0.1) is 11.3 Å². The Hall–Kier alpha value is -1.10. The Morgan fingerprint density at radius 2 is 2.11 bits per heavy atom. The Morgan fingerprint density at radius 3 is 2.89 bits per heavy atom. The number of nitrogens with two attached hydrogens (primary N) is 1. The average molecular weight is 265 g/mol. The van der Waals surface area contributed by atoms with Crippen LogP contribution in [0.1, 0.15) is 42.7 Å². The monoisotopic (exact) mass is 265 g/mol. The van der Waals surface area contributed by atoms with E-state index in [-0.39, 0.29) is 17.9 Å². The number of thiazole rings is 1. The minimum atomic E-state index is 0.262. The van der Waals surface area contributed by atoms with Crippen molar-refractivity contribution in [3.63, 3.8) is 0 Å². The van der Waals surface area contributed by atoms with Crippen molar-refractivity contribution in [2.24, 2.45) is 5.92 Å². The molecule has 0 saturated heterocycles. The van der Waals surface area contributed by atoms with Crippen molar-refractivity contribution in [1.29, 1.82) is 0 Å². The van der Waals surface area contributed by atoms with Crippen molar-refractivity contribution in [1.82, 2.24) is 10.3 Å². The van der Waals surface area contributed by atoms with Crippen LogP contribution in [0.5, 0.6) is 0 Å². The van der Waals surface area contributed by atoms with Crippen LogP contribution in [0.15, 0.2) is 0 Å². The largest absolute Gasteiger partial charge is 0.375 e. The molecule has 1 atom stereocenters. The number of anilines is 1. The van der Waals surface area contributed by atoms with Gasteiger partial charge in [0.2, 0.25) is 5.91 Å². The van der Waals surface area contributed by atoms with E-state index in [4.69, 9.17) is 5.73 Å². The van der Waals surface area contributed by atoms with Crippen molar-refractivity contribution in [2.75, 3.05) is 5.73 Å². The molecule has 1 heterocycles. The summed E-state index contributed by atoms with van der Waals surface area (Å²) < 4.78 is 0. The van der Waals surface area contributed by atoms with Crippen LogP contribution in [0.3, 0.4) is 0 Å². The fourth-order valence-corrected chi connectivity index (χ4v) is 3.98. The molecule has 3 N–H and O–H groups in total. The highest BCUT2D eigenvalue weighted by atomic mass is 32.1. The van der Waals surface area contributed by atoms with E-state index in [9.17, 15) is 4.79 Å². The van der Waals surface area contributed by atoms with E-state index < -0.39 is 0 Å². The predicted octanol–water partition coefficient (Wildman–Crippen LogP) is 1.89. The Kier molecular flexibility index (Phi) is 3.24. The highest BCUT2D eigenvalue weighted by Crippen LogP contribution is 2.29. The molecule has 1 amide bonds. The first-order valence-electron chi connectivity index (χ1n) is 6.77. The first kappa shape index (κ1) is 12.0. The fraction of sp³-hybridized carbons (Fsp3) is 0.692. The number of aryl methyl sites for hydroxylation is 1. The molecule has 4 nitrogen and oxygen atoms in total. The summed E-state index contributed by atoms with van der Waals surface area (Å²) in [6, 6.07) is 0.283. The first-order valence-corrected chi connectivity index (χ1v) is 7.58. The summed E-state index contributed by atoms with van der Waals surface area (Å²) in [5.41, 5.74) is 6.87. The zero-order chi connectivity index (χ0) is 12.5. The van der Waals surface area contributed by atoms with Gasteiger partial charge in [0.15, 0.2) is 5.13 Å². The Balaban J connectivity index is 1.60. The van der Waals surface area contributed by atoms with Gasteiger partial charge >= 0.3 is 0 Å². The van der Waals surface area contributed by atoms with Gasteiger partial charge < -0.3 is 11.1 Å². The number of fused-ring (bicyclic) bond motifs is 1. The number of nitrogens with one attached hydrogen (secondary N) is 1. The molecule has 2 aliphatic rings. The molecule has 0 bridgehead atoms. The Bertz CT molecular complexity index is 451. The van der Waals surface area contributed by atoms with Crippen LogP contribution >= 0.6 is 11.3 Å². The second kappa shape index (κ2) is 4.88. The molecular formula is C13H19N3OS. The second-order valence-corrected chi connectivity index (χ2v) is 6.47. The number of rotatable bonds is 2. The topological polar surface area (TPSA) is 68.0 Å². The third kappa shape index (κ3) is 2.36. The lowest BCUT2D eigenvalue weighted by Gasteiger charge is -2.23. The second-order valence-electron chi connectivity index (χ2n) is 5.35. The molecule has 1 fully saturated rings. The van der Waals surface area contributed by atoms with Crippen molar-refractivity contribution < 1.29 is 4.79 Å². The fourth-order valence-electron chi connectivity index (χ4n) is 3.03. The van der Waals surface area contributed by atoms with Gasteiger partial charge in [-0.3, -0.25) is 4.79 Å². The lowest BCUT2D eigenvalue weighted by atomic mass is 9.96. The van der Waals surface area contributed by atoms with Gasteiger partial charge in [0.1, 0.15) is 0 Å². The molecule has 0 aromatic carbocycles. The minimum absolute atomic E-state index is 0.262.